The van der Waals surface area contributed by atoms with Crippen LogP contribution >= 0.6 is 0 Å². The smallest absolute Gasteiger partial charge is 0.0716 e. The molecule has 83 valence electrons. The number of benzene rings is 1. The number of aliphatic hydroxyl groups excluding tert-OH is 2. The number of nitrogens with zero attached hydrogens (tertiary/aromatic N) is 1. The molecule has 1 aromatic carbocycles. The summed E-state index contributed by atoms with van der Waals surface area (Å²) in [5, 5.41) is 18.1. The second kappa shape index (κ2) is 5.58. The van der Waals surface area contributed by atoms with Crippen molar-refractivity contribution in [3.05, 3.63) is 31.2 Å². The molecule has 1 atom stereocenters. The highest BCUT2D eigenvalue weighted by atomic mass is 16.3. The standard InChI is InChI=1S/C11H17N2O2/c1-9(15)8-13(6-7-14)11-4-2-10(12)3-5-11/h2-5,9,14-15H,1,6-8,12H2. The van der Waals surface area contributed by atoms with Gasteiger partial charge in [-0.25, -0.2) is 0 Å². The van der Waals surface area contributed by atoms with Crippen LogP contribution in [0.25, 0.3) is 0 Å². The van der Waals surface area contributed by atoms with Crippen LogP contribution in [0.2, 0.25) is 0 Å². The summed E-state index contributed by atoms with van der Waals surface area (Å²) in [6.07, 6.45) is -0.672. The molecule has 0 aliphatic heterocycles. The topological polar surface area (TPSA) is 69.7 Å². The minimum Gasteiger partial charge on any atom is -0.399 e. The summed E-state index contributed by atoms with van der Waals surface area (Å²) in [6, 6.07) is 7.28. The molecule has 0 aliphatic carbocycles. The number of nitrogens with two attached hydrogens (primary N) is 1. The van der Waals surface area contributed by atoms with Crippen LogP contribution in [0.4, 0.5) is 11.4 Å². The van der Waals surface area contributed by atoms with Crippen molar-refractivity contribution in [1.29, 1.82) is 0 Å². The van der Waals surface area contributed by atoms with Crippen molar-refractivity contribution < 1.29 is 10.2 Å². The largest absolute Gasteiger partial charge is 0.399 e. The molecule has 4 heteroatoms. The zero-order chi connectivity index (χ0) is 11.3. The molecule has 0 bridgehead atoms. The molecule has 0 amide bonds. The zero-order valence-electron chi connectivity index (χ0n) is 8.63. The van der Waals surface area contributed by atoms with E-state index in [-0.39, 0.29) is 6.61 Å². The van der Waals surface area contributed by atoms with E-state index in [0.717, 1.165) is 5.69 Å². The molecule has 0 fully saturated rings. The SMILES string of the molecule is [CH2]C(O)CN(CCO)c1ccc(N)cc1. The second-order valence-corrected chi connectivity index (χ2v) is 3.41. The van der Waals surface area contributed by atoms with Crippen molar-refractivity contribution in [2.45, 2.75) is 6.10 Å². The molecule has 1 unspecified atom stereocenters. The van der Waals surface area contributed by atoms with Gasteiger partial charge >= 0.3 is 0 Å². The third-order valence-corrected chi connectivity index (χ3v) is 2.06. The van der Waals surface area contributed by atoms with Gasteiger partial charge in [-0.2, -0.15) is 0 Å². The average molecular weight is 209 g/mol. The summed E-state index contributed by atoms with van der Waals surface area (Å²) in [5.74, 6) is 0. The summed E-state index contributed by atoms with van der Waals surface area (Å²) in [7, 11) is 0. The van der Waals surface area contributed by atoms with Crippen molar-refractivity contribution in [1.82, 2.24) is 0 Å². The van der Waals surface area contributed by atoms with Crippen LogP contribution in [-0.2, 0) is 0 Å². The molecule has 15 heavy (non-hydrogen) atoms. The molecule has 0 aliphatic rings. The summed E-state index contributed by atoms with van der Waals surface area (Å²) in [6.45, 7) is 4.41. The van der Waals surface area contributed by atoms with Crippen LogP contribution in [-0.4, -0.2) is 36.0 Å². The van der Waals surface area contributed by atoms with Gasteiger partial charge in [-0.05, 0) is 31.2 Å². The van der Waals surface area contributed by atoms with Gasteiger partial charge in [-0.1, -0.05) is 0 Å². The molecule has 0 heterocycles. The van der Waals surface area contributed by atoms with Crippen molar-refractivity contribution in [3.63, 3.8) is 0 Å². The minimum absolute atomic E-state index is 0.0388. The maximum atomic E-state index is 9.21. The number of rotatable bonds is 5. The Morgan fingerprint density at radius 2 is 1.93 bits per heavy atom. The first-order chi connectivity index (χ1) is 7.13. The van der Waals surface area contributed by atoms with Crippen LogP contribution in [0.1, 0.15) is 0 Å². The Bertz CT molecular complexity index is 285. The molecular weight excluding hydrogens is 192 g/mol. The molecule has 0 saturated carbocycles. The van der Waals surface area contributed by atoms with E-state index >= 15 is 0 Å². The highest BCUT2D eigenvalue weighted by molar-refractivity contribution is 5.53. The maximum Gasteiger partial charge on any atom is 0.0716 e. The highest BCUT2D eigenvalue weighted by Gasteiger charge is 2.08. The van der Waals surface area contributed by atoms with Gasteiger partial charge in [-0.3, -0.25) is 0 Å². The molecule has 1 radical (unpaired) electrons. The number of anilines is 2. The van der Waals surface area contributed by atoms with Crippen LogP contribution in [0.15, 0.2) is 24.3 Å². The first-order valence-corrected chi connectivity index (χ1v) is 4.86. The van der Waals surface area contributed by atoms with Crippen molar-refractivity contribution in [2.24, 2.45) is 0 Å². The highest BCUT2D eigenvalue weighted by Crippen LogP contribution is 2.16. The Balaban J connectivity index is 2.74. The Kier molecular flexibility index (Phi) is 4.39. The first-order valence-electron chi connectivity index (χ1n) is 4.86. The van der Waals surface area contributed by atoms with Gasteiger partial charge in [0.15, 0.2) is 0 Å². The summed E-state index contributed by atoms with van der Waals surface area (Å²) in [4.78, 5) is 1.86. The molecule has 4 N–H and O–H groups in total. The monoisotopic (exact) mass is 209 g/mol. The van der Waals surface area contributed by atoms with E-state index in [1.54, 1.807) is 12.1 Å². The Morgan fingerprint density at radius 3 is 2.40 bits per heavy atom. The molecule has 1 rings (SSSR count). The van der Waals surface area contributed by atoms with E-state index in [1.165, 1.54) is 0 Å². The van der Waals surface area contributed by atoms with Gasteiger partial charge in [0.1, 0.15) is 0 Å². The second-order valence-electron chi connectivity index (χ2n) is 3.41. The van der Waals surface area contributed by atoms with Gasteiger partial charge in [0.25, 0.3) is 0 Å². The summed E-state index contributed by atoms with van der Waals surface area (Å²) in [5.41, 5.74) is 7.18. The fraction of sp³-hybridized carbons (Fsp3) is 0.364. The van der Waals surface area contributed by atoms with E-state index in [9.17, 15) is 5.11 Å². The predicted molar refractivity (Wildman–Crippen MR) is 61.5 cm³/mol. The Hall–Kier alpha value is -1.26. The molecule has 1 aromatic rings. The van der Waals surface area contributed by atoms with Gasteiger partial charge in [0, 0.05) is 24.5 Å². The van der Waals surface area contributed by atoms with Crippen molar-refractivity contribution >= 4 is 11.4 Å². The quantitative estimate of drug-likeness (QED) is 0.608. The van der Waals surface area contributed by atoms with E-state index < -0.39 is 6.10 Å². The van der Waals surface area contributed by atoms with Gasteiger partial charge in [-0.15, -0.1) is 0 Å². The number of hydrogen-bond acceptors (Lipinski definition) is 4. The molecule has 0 aromatic heterocycles. The number of aliphatic hydroxyl groups is 2. The zero-order valence-corrected chi connectivity index (χ0v) is 8.63. The first kappa shape index (κ1) is 11.8. The normalized spacial score (nSPS) is 12.5. The molecular formula is C11H17N2O2. The van der Waals surface area contributed by atoms with Gasteiger partial charge in [0.2, 0.25) is 0 Å². The van der Waals surface area contributed by atoms with E-state index in [2.05, 4.69) is 6.92 Å². The fourth-order valence-electron chi connectivity index (χ4n) is 1.39. The molecule has 4 nitrogen and oxygen atoms in total. The van der Waals surface area contributed by atoms with E-state index in [1.807, 2.05) is 17.0 Å². The predicted octanol–water partition coefficient (Wildman–Crippen LogP) is 0.262. The van der Waals surface area contributed by atoms with E-state index in [0.29, 0.717) is 18.8 Å². The number of hydrogen-bond donors (Lipinski definition) is 3. The maximum absolute atomic E-state index is 9.21. The number of nitrogen functional groups attached to an aromatic ring is 1. The van der Waals surface area contributed by atoms with Crippen molar-refractivity contribution in [2.75, 3.05) is 30.3 Å². The minimum atomic E-state index is -0.672. The van der Waals surface area contributed by atoms with Crippen molar-refractivity contribution in [3.8, 4) is 0 Å². The lowest BCUT2D eigenvalue weighted by Crippen LogP contribution is -2.33. The van der Waals surface area contributed by atoms with Crippen LogP contribution in [0.3, 0.4) is 0 Å². The third-order valence-electron chi connectivity index (χ3n) is 2.06. The molecule has 0 saturated heterocycles. The Morgan fingerprint density at radius 1 is 1.33 bits per heavy atom. The van der Waals surface area contributed by atoms with E-state index in [4.69, 9.17) is 10.8 Å². The third kappa shape index (κ3) is 3.77. The lowest BCUT2D eigenvalue weighted by molar-refractivity contribution is 0.221. The fourth-order valence-corrected chi connectivity index (χ4v) is 1.39. The van der Waals surface area contributed by atoms with Gasteiger partial charge in [0.05, 0.1) is 12.7 Å². The summed E-state index contributed by atoms with van der Waals surface area (Å²) >= 11 is 0. The lowest BCUT2D eigenvalue weighted by atomic mass is 10.2. The van der Waals surface area contributed by atoms with Gasteiger partial charge < -0.3 is 20.8 Å². The van der Waals surface area contributed by atoms with Crippen LogP contribution in [0.5, 0.6) is 0 Å². The summed E-state index contributed by atoms with van der Waals surface area (Å²) < 4.78 is 0. The van der Waals surface area contributed by atoms with Crippen LogP contribution in [0, 0.1) is 6.92 Å². The molecule has 0 spiro atoms. The lowest BCUT2D eigenvalue weighted by Gasteiger charge is -2.25. The van der Waals surface area contributed by atoms with Crippen LogP contribution < -0.4 is 10.6 Å². The average Bonchev–Trinajstić information content (AvgIpc) is 2.17. The Labute approximate surface area is 89.9 Å².